The topological polar surface area (TPSA) is 46.1 Å². The molecule has 104 valence electrons. The lowest BCUT2D eigenvalue weighted by molar-refractivity contribution is 0.0733. The van der Waals surface area contributed by atoms with Crippen molar-refractivity contribution >= 4 is 17.2 Å². The number of carbonyl (C=O) groups is 1. The molecule has 0 fully saturated rings. The molecule has 0 spiro atoms. The molecule has 0 saturated carbocycles. The Hall–Kier alpha value is -1.75. The summed E-state index contributed by atoms with van der Waals surface area (Å²) in [5, 5.41) is 2.10. The third-order valence-corrected chi connectivity index (χ3v) is 4.67. The average molecular weight is 287 g/mol. The van der Waals surface area contributed by atoms with Crippen LogP contribution in [0.5, 0.6) is 0 Å². The largest absolute Gasteiger partial charge is 0.334 e. The number of hydrogen-bond donors (Lipinski definition) is 0. The molecule has 0 N–H and O–H groups in total. The van der Waals surface area contributed by atoms with Crippen LogP contribution in [0.15, 0.2) is 17.6 Å². The van der Waals surface area contributed by atoms with E-state index in [0.29, 0.717) is 12.1 Å². The van der Waals surface area contributed by atoms with Crippen molar-refractivity contribution in [2.75, 3.05) is 6.54 Å². The number of rotatable bonds is 2. The number of thiophene rings is 1. The van der Waals surface area contributed by atoms with Crippen LogP contribution in [0.25, 0.3) is 0 Å². The van der Waals surface area contributed by atoms with E-state index in [1.54, 1.807) is 17.5 Å². The minimum atomic E-state index is 0.0544. The molecular formula is C15H17N3OS. The van der Waals surface area contributed by atoms with Crippen molar-refractivity contribution in [3.63, 3.8) is 0 Å². The number of carbonyl (C=O) groups excluding carboxylic acids is 1. The average Bonchev–Trinajstić information content (AvgIpc) is 2.93. The minimum Gasteiger partial charge on any atom is -0.334 e. The van der Waals surface area contributed by atoms with Gasteiger partial charge < -0.3 is 4.90 Å². The van der Waals surface area contributed by atoms with Gasteiger partial charge in [0.1, 0.15) is 5.82 Å². The van der Waals surface area contributed by atoms with Crippen LogP contribution >= 0.6 is 11.3 Å². The van der Waals surface area contributed by atoms with Crippen molar-refractivity contribution in [2.24, 2.45) is 0 Å². The number of aromatic nitrogens is 2. The summed E-state index contributed by atoms with van der Waals surface area (Å²) in [7, 11) is 0. The molecule has 3 heterocycles. The summed E-state index contributed by atoms with van der Waals surface area (Å²) in [6, 6.07) is 2.12. The summed E-state index contributed by atoms with van der Waals surface area (Å²) >= 11 is 1.78. The minimum absolute atomic E-state index is 0.0544. The zero-order valence-electron chi connectivity index (χ0n) is 11.7. The standard InChI is InChI=1S/C15H17N3OS/c1-3-13-12(8-16-10(2)17-13)15(19)18-6-4-14-11(9-18)5-7-20-14/h5,7-8H,3-4,6,9H2,1-2H3. The highest BCUT2D eigenvalue weighted by molar-refractivity contribution is 7.10. The van der Waals surface area contributed by atoms with E-state index in [-0.39, 0.29) is 5.91 Å². The van der Waals surface area contributed by atoms with Crippen LogP contribution in [0.1, 0.15) is 39.2 Å². The fraction of sp³-hybridized carbons (Fsp3) is 0.400. The van der Waals surface area contributed by atoms with Crippen molar-refractivity contribution in [1.82, 2.24) is 14.9 Å². The summed E-state index contributed by atoms with van der Waals surface area (Å²) in [6.45, 7) is 5.36. The molecule has 0 unspecified atom stereocenters. The van der Waals surface area contributed by atoms with E-state index >= 15 is 0 Å². The number of fused-ring (bicyclic) bond motifs is 1. The van der Waals surface area contributed by atoms with Crippen molar-refractivity contribution in [1.29, 1.82) is 0 Å². The Kier molecular flexibility index (Phi) is 3.53. The SMILES string of the molecule is CCc1nc(C)ncc1C(=O)N1CCc2sccc2C1. The van der Waals surface area contributed by atoms with E-state index in [1.807, 2.05) is 18.7 Å². The first-order valence-corrected chi connectivity index (χ1v) is 7.74. The number of amides is 1. The first-order valence-electron chi connectivity index (χ1n) is 6.86. The van der Waals surface area contributed by atoms with Gasteiger partial charge in [0.05, 0.1) is 11.3 Å². The highest BCUT2D eigenvalue weighted by Gasteiger charge is 2.24. The normalized spacial score (nSPS) is 14.2. The van der Waals surface area contributed by atoms with Crippen LogP contribution in [0, 0.1) is 6.92 Å². The molecule has 1 amide bonds. The summed E-state index contributed by atoms with van der Waals surface area (Å²) in [5.41, 5.74) is 2.77. The van der Waals surface area contributed by atoms with Crippen LogP contribution in [-0.4, -0.2) is 27.3 Å². The van der Waals surface area contributed by atoms with Gasteiger partial charge in [-0.1, -0.05) is 6.92 Å². The molecule has 5 heteroatoms. The molecule has 1 aliphatic heterocycles. The molecule has 0 bridgehead atoms. The highest BCUT2D eigenvalue weighted by atomic mass is 32.1. The predicted octanol–water partition coefficient (Wildman–Crippen LogP) is 2.61. The number of hydrogen-bond acceptors (Lipinski definition) is 4. The van der Waals surface area contributed by atoms with Gasteiger partial charge in [0.2, 0.25) is 0 Å². The molecule has 0 aliphatic carbocycles. The van der Waals surface area contributed by atoms with Crippen molar-refractivity contribution < 1.29 is 4.79 Å². The Morgan fingerprint density at radius 1 is 1.50 bits per heavy atom. The second-order valence-corrected chi connectivity index (χ2v) is 5.98. The maximum atomic E-state index is 12.7. The van der Waals surface area contributed by atoms with Crippen LogP contribution in [-0.2, 0) is 19.4 Å². The Morgan fingerprint density at radius 3 is 3.15 bits per heavy atom. The van der Waals surface area contributed by atoms with Gasteiger partial charge in [0.15, 0.2) is 0 Å². The molecular weight excluding hydrogens is 270 g/mol. The predicted molar refractivity (Wildman–Crippen MR) is 78.9 cm³/mol. The lowest BCUT2D eigenvalue weighted by atomic mass is 10.1. The summed E-state index contributed by atoms with van der Waals surface area (Å²) in [6.07, 6.45) is 3.38. The molecule has 0 radical (unpaired) electrons. The van der Waals surface area contributed by atoms with E-state index in [0.717, 1.165) is 30.9 Å². The van der Waals surface area contributed by atoms with Gasteiger partial charge in [-0.05, 0) is 36.8 Å². The second kappa shape index (κ2) is 5.32. The van der Waals surface area contributed by atoms with Crippen molar-refractivity contribution in [3.8, 4) is 0 Å². The van der Waals surface area contributed by atoms with Gasteiger partial charge in [-0.2, -0.15) is 0 Å². The van der Waals surface area contributed by atoms with E-state index < -0.39 is 0 Å². The van der Waals surface area contributed by atoms with Crippen LogP contribution in [0.2, 0.25) is 0 Å². The maximum absolute atomic E-state index is 12.7. The van der Waals surface area contributed by atoms with E-state index in [4.69, 9.17) is 0 Å². The zero-order valence-corrected chi connectivity index (χ0v) is 12.5. The third kappa shape index (κ3) is 2.33. The molecule has 1 aliphatic rings. The smallest absolute Gasteiger partial charge is 0.257 e. The lowest BCUT2D eigenvalue weighted by Gasteiger charge is -2.27. The Morgan fingerprint density at radius 2 is 2.35 bits per heavy atom. The van der Waals surface area contributed by atoms with Gasteiger partial charge in [0.25, 0.3) is 5.91 Å². The summed E-state index contributed by atoms with van der Waals surface area (Å²) in [4.78, 5) is 24.6. The van der Waals surface area contributed by atoms with Gasteiger partial charge in [0, 0.05) is 24.2 Å². The monoisotopic (exact) mass is 287 g/mol. The molecule has 20 heavy (non-hydrogen) atoms. The maximum Gasteiger partial charge on any atom is 0.257 e. The summed E-state index contributed by atoms with van der Waals surface area (Å²) < 4.78 is 0. The molecule has 4 nitrogen and oxygen atoms in total. The molecule has 2 aromatic heterocycles. The van der Waals surface area contributed by atoms with E-state index in [2.05, 4.69) is 21.4 Å². The fourth-order valence-corrected chi connectivity index (χ4v) is 3.45. The highest BCUT2D eigenvalue weighted by Crippen LogP contribution is 2.25. The molecule has 0 atom stereocenters. The quantitative estimate of drug-likeness (QED) is 0.853. The van der Waals surface area contributed by atoms with Gasteiger partial charge >= 0.3 is 0 Å². The molecule has 2 aromatic rings. The number of nitrogens with zero attached hydrogens (tertiary/aromatic N) is 3. The second-order valence-electron chi connectivity index (χ2n) is 4.98. The first kappa shape index (κ1) is 13.2. The van der Waals surface area contributed by atoms with Crippen molar-refractivity contribution in [3.05, 3.63) is 45.2 Å². The van der Waals surface area contributed by atoms with Gasteiger partial charge in [-0.25, -0.2) is 9.97 Å². The molecule has 0 aromatic carbocycles. The van der Waals surface area contributed by atoms with Crippen LogP contribution in [0.3, 0.4) is 0 Å². The van der Waals surface area contributed by atoms with Gasteiger partial charge in [-0.3, -0.25) is 4.79 Å². The summed E-state index contributed by atoms with van der Waals surface area (Å²) in [5.74, 6) is 0.774. The third-order valence-electron chi connectivity index (χ3n) is 3.65. The number of aryl methyl sites for hydroxylation is 2. The molecule has 3 rings (SSSR count). The van der Waals surface area contributed by atoms with E-state index in [9.17, 15) is 4.79 Å². The van der Waals surface area contributed by atoms with E-state index in [1.165, 1.54) is 10.4 Å². The first-order chi connectivity index (χ1) is 9.69. The van der Waals surface area contributed by atoms with Crippen molar-refractivity contribution in [2.45, 2.75) is 33.2 Å². The lowest BCUT2D eigenvalue weighted by Crippen LogP contribution is -2.36. The Labute approximate surface area is 122 Å². The zero-order chi connectivity index (χ0) is 14.1. The van der Waals surface area contributed by atoms with Crippen LogP contribution < -0.4 is 0 Å². The Balaban J connectivity index is 1.87. The fourth-order valence-electron chi connectivity index (χ4n) is 2.56. The Bertz CT molecular complexity index is 650. The molecule has 0 saturated heterocycles. The van der Waals surface area contributed by atoms with Gasteiger partial charge in [-0.15, -0.1) is 11.3 Å². The van der Waals surface area contributed by atoms with Crippen LogP contribution in [0.4, 0.5) is 0 Å².